The molecule has 1 fully saturated rings. The zero-order valence-corrected chi connectivity index (χ0v) is 14.4. The van der Waals surface area contributed by atoms with Crippen LogP contribution in [0.2, 0.25) is 10.3 Å². The number of hydrogen-bond donors (Lipinski definition) is 0. The number of aromatic nitrogens is 1. The highest BCUT2D eigenvalue weighted by atomic mass is 35.5. The molecule has 0 atom stereocenters. The maximum atomic E-state index is 12.5. The summed E-state index contributed by atoms with van der Waals surface area (Å²) < 4.78 is 11.2. The number of rotatable bonds is 4. The van der Waals surface area contributed by atoms with Crippen molar-refractivity contribution in [3.63, 3.8) is 0 Å². The van der Waals surface area contributed by atoms with E-state index < -0.39 is 0 Å². The normalized spacial score (nSPS) is 18.4. The molecule has 0 aromatic carbocycles. The van der Waals surface area contributed by atoms with Crippen molar-refractivity contribution in [2.75, 3.05) is 13.2 Å². The molecule has 1 amide bonds. The van der Waals surface area contributed by atoms with Crippen molar-refractivity contribution in [3.05, 3.63) is 34.3 Å². The van der Waals surface area contributed by atoms with Crippen molar-refractivity contribution in [2.45, 2.75) is 38.2 Å². The van der Waals surface area contributed by atoms with E-state index in [1.165, 1.54) is 0 Å². The second-order valence-electron chi connectivity index (χ2n) is 5.86. The standard InChI is InChI=1S/C16H18Cl2N2O3/c1-2-3-6-22-15(21)20-10-16(4-5-16)23-9-12(20)11-7-13(17)19-14(18)8-11/h7-9H,2-6,10H2,1H3. The van der Waals surface area contributed by atoms with Gasteiger partial charge in [0.2, 0.25) is 0 Å². The van der Waals surface area contributed by atoms with Crippen LogP contribution < -0.4 is 0 Å². The molecule has 1 aromatic rings. The second-order valence-corrected chi connectivity index (χ2v) is 6.63. The van der Waals surface area contributed by atoms with Crippen LogP contribution in [0.1, 0.15) is 38.2 Å². The van der Waals surface area contributed by atoms with Crippen LogP contribution in [0.3, 0.4) is 0 Å². The van der Waals surface area contributed by atoms with Crippen LogP contribution >= 0.6 is 23.2 Å². The Morgan fingerprint density at radius 1 is 1.39 bits per heavy atom. The Morgan fingerprint density at radius 2 is 2.09 bits per heavy atom. The molecule has 7 heteroatoms. The molecule has 5 nitrogen and oxygen atoms in total. The fourth-order valence-electron chi connectivity index (χ4n) is 2.45. The van der Waals surface area contributed by atoms with Crippen molar-refractivity contribution in [2.24, 2.45) is 0 Å². The lowest BCUT2D eigenvalue weighted by molar-refractivity contribution is 0.0559. The largest absolute Gasteiger partial charge is 0.491 e. The van der Waals surface area contributed by atoms with Crippen LogP contribution in [0.25, 0.3) is 5.70 Å². The van der Waals surface area contributed by atoms with Gasteiger partial charge in [0.05, 0.1) is 18.8 Å². The molecule has 1 aliphatic heterocycles. The summed E-state index contributed by atoms with van der Waals surface area (Å²) in [5, 5.41) is 0.527. The van der Waals surface area contributed by atoms with Gasteiger partial charge in [0.1, 0.15) is 22.2 Å². The maximum Gasteiger partial charge on any atom is 0.414 e. The Bertz CT molecular complexity index is 624. The first-order valence-corrected chi connectivity index (χ1v) is 8.44. The Morgan fingerprint density at radius 3 is 2.70 bits per heavy atom. The zero-order chi connectivity index (χ0) is 16.4. The maximum absolute atomic E-state index is 12.5. The van der Waals surface area contributed by atoms with Crippen LogP contribution in [0.5, 0.6) is 0 Å². The molecule has 0 bridgehead atoms. The molecule has 0 saturated heterocycles. The van der Waals surface area contributed by atoms with Gasteiger partial charge in [-0.25, -0.2) is 9.78 Å². The lowest BCUT2D eigenvalue weighted by Gasteiger charge is -2.33. The number of pyridine rings is 1. The van der Waals surface area contributed by atoms with Crippen LogP contribution in [0.4, 0.5) is 4.79 Å². The lowest BCUT2D eigenvalue weighted by Crippen LogP contribution is -2.41. The van der Waals surface area contributed by atoms with Crippen molar-refractivity contribution in [3.8, 4) is 0 Å². The van der Waals surface area contributed by atoms with Crippen molar-refractivity contribution >= 4 is 35.0 Å². The van der Waals surface area contributed by atoms with Gasteiger partial charge in [-0.1, -0.05) is 36.5 Å². The first kappa shape index (κ1) is 16.4. The summed E-state index contributed by atoms with van der Waals surface area (Å²) in [6, 6.07) is 3.31. The fourth-order valence-corrected chi connectivity index (χ4v) is 2.91. The zero-order valence-electron chi connectivity index (χ0n) is 12.8. The van der Waals surface area contributed by atoms with Crippen molar-refractivity contribution in [1.82, 2.24) is 9.88 Å². The van der Waals surface area contributed by atoms with Gasteiger partial charge < -0.3 is 9.47 Å². The Hall–Kier alpha value is -1.46. The van der Waals surface area contributed by atoms with Gasteiger partial charge in [-0.15, -0.1) is 0 Å². The summed E-state index contributed by atoms with van der Waals surface area (Å²) in [6.45, 7) is 2.93. The summed E-state index contributed by atoms with van der Waals surface area (Å²) in [5.41, 5.74) is 1.02. The van der Waals surface area contributed by atoms with E-state index in [2.05, 4.69) is 4.98 Å². The fraction of sp³-hybridized carbons (Fsp3) is 0.500. The van der Waals surface area contributed by atoms with E-state index in [1.807, 2.05) is 6.92 Å². The van der Waals surface area contributed by atoms with E-state index in [1.54, 1.807) is 23.3 Å². The minimum Gasteiger partial charge on any atom is -0.491 e. The topological polar surface area (TPSA) is 51.7 Å². The van der Waals surface area contributed by atoms with Crippen LogP contribution in [0, 0.1) is 0 Å². The van der Waals surface area contributed by atoms with Crippen LogP contribution in [-0.2, 0) is 9.47 Å². The Labute approximate surface area is 145 Å². The molecule has 1 aromatic heterocycles. The molecule has 0 unspecified atom stereocenters. The summed E-state index contributed by atoms with van der Waals surface area (Å²) in [7, 11) is 0. The third-order valence-corrected chi connectivity index (χ3v) is 4.35. The molecule has 1 aliphatic carbocycles. The van der Waals surface area contributed by atoms with Gasteiger partial charge >= 0.3 is 6.09 Å². The predicted octanol–water partition coefficient (Wildman–Crippen LogP) is 4.49. The SMILES string of the molecule is CCCCOC(=O)N1CC2(CC2)OC=C1c1cc(Cl)nc(Cl)c1. The van der Waals surface area contributed by atoms with E-state index >= 15 is 0 Å². The predicted molar refractivity (Wildman–Crippen MR) is 88.2 cm³/mol. The van der Waals surface area contributed by atoms with Gasteiger partial charge in [0.15, 0.2) is 0 Å². The van der Waals surface area contributed by atoms with Crippen molar-refractivity contribution < 1.29 is 14.3 Å². The third-order valence-electron chi connectivity index (χ3n) is 3.97. The molecule has 2 aliphatic rings. The van der Waals surface area contributed by atoms with Gasteiger partial charge in [-0.2, -0.15) is 0 Å². The second kappa shape index (κ2) is 6.57. The number of amides is 1. The Balaban J connectivity index is 1.85. The van der Waals surface area contributed by atoms with Gasteiger partial charge in [-0.3, -0.25) is 4.90 Å². The summed E-state index contributed by atoms with van der Waals surface area (Å²) >= 11 is 11.9. The minimum absolute atomic E-state index is 0.256. The molecule has 1 spiro atoms. The number of carbonyl (C=O) groups is 1. The third kappa shape index (κ3) is 3.72. The molecule has 1 saturated carbocycles. The number of nitrogens with zero attached hydrogens (tertiary/aromatic N) is 2. The van der Waals surface area contributed by atoms with Crippen LogP contribution in [-0.4, -0.2) is 34.7 Å². The number of hydrogen-bond acceptors (Lipinski definition) is 4. The number of halogens is 2. The van der Waals surface area contributed by atoms with Gasteiger partial charge in [0, 0.05) is 5.56 Å². The molecule has 23 heavy (non-hydrogen) atoms. The first-order chi connectivity index (χ1) is 11.0. The molecule has 0 radical (unpaired) electrons. The van der Waals surface area contributed by atoms with Crippen molar-refractivity contribution in [1.29, 1.82) is 0 Å². The van der Waals surface area contributed by atoms with E-state index in [4.69, 9.17) is 32.7 Å². The summed E-state index contributed by atoms with van der Waals surface area (Å²) in [4.78, 5) is 18.0. The minimum atomic E-state index is -0.372. The Kier molecular flexibility index (Phi) is 4.69. The highest BCUT2D eigenvalue weighted by molar-refractivity contribution is 6.32. The monoisotopic (exact) mass is 356 g/mol. The summed E-state index contributed by atoms with van der Waals surface area (Å²) in [5.74, 6) is 0. The van der Waals surface area contributed by atoms with Gasteiger partial charge in [-0.05, 0) is 31.4 Å². The smallest absolute Gasteiger partial charge is 0.414 e. The van der Waals surface area contributed by atoms with E-state index in [-0.39, 0.29) is 22.0 Å². The summed E-state index contributed by atoms with van der Waals surface area (Å²) in [6.07, 6.45) is 4.91. The molecule has 0 N–H and O–H groups in total. The number of carbonyl (C=O) groups excluding carboxylic acids is 1. The molecular weight excluding hydrogens is 339 g/mol. The average molecular weight is 357 g/mol. The van der Waals surface area contributed by atoms with Crippen LogP contribution in [0.15, 0.2) is 18.4 Å². The lowest BCUT2D eigenvalue weighted by atomic mass is 10.1. The molecule has 2 heterocycles. The van der Waals surface area contributed by atoms with E-state index in [0.29, 0.717) is 24.4 Å². The highest BCUT2D eigenvalue weighted by Gasteiger charge is 2.50. The average Bonchev–Trinajstić information content (AvgIpc) is 3.25. The molecule has 124 valence electrons. The first-order valence-electron chi connectivity index (χ1n) is 7.69. The molecular formula is C16H18Cl2N2O3. The van der Waals surface area contributed by atoms with Gasteiger partial charge in [0.25, 0.3) is 0 Å². The number of unbranched alkanes of at least 4 members (excludes halogenated alkanes) is 1. The highest BCUT2D eigenvalue weighted by Crippen LogP contribution is 2.45. The number of ether oxygens (including phenoxy) is 2. The molecule has 3 rings (SSSR count). The van der Waals surface area contributed by atoms with E-state index in [9.17, 15) is 4.79 Å². The quantitative estimate of drug-likeness (QED) is 0.589. The van der Waals surface area contributed by atoms with E-state index in [0.717, 1.165) is 25.7 Å².